The molecule has 1 aliphatic rings. The van der Waals surface area contributed by atoms with E-state index in [0.717, 1.165) is 32.6 Å². The third-order valence-electron chi connectivity index (χ3n) is 3.24. The Balaban J connectivity index is 1.97. The molecule has 1 aromatic rings. The van der Waals surface area contributed by atoms with Crippen molar-refractivity contribution in [2.45, 2.75) is 12.8 Å². The highest BCUT2D eigenvalue weighted by atomic mass is 16.5. The molecule has 1 aromatic carbocycles. The van der Waals surface area contributed by atoms with Crippen LogP contribution in [0.15, 0.2) is 18.2 Å². The van der Waals surface area contributed by atoms with Crippen molar-refractivity contribution in [3.8, 4) is 0 Å². The van der Waals surface area contributed by atoms with Gasteiger partial charge in [-0.2, -0.15) is 0 Å². The van der Waals surface area contributed by atoms with Crippen LogP contribution >= 0.6 is 0 Å². The Morgan fingerprint density at radius 1 is 1.50 bits per heavy atom. The molecule has 1 aliphatic heterocycles. The van der Waals surface area contributed by atoms with Crippen LogP contribution in [0.5, 0.6) is 0 Å². The molecule has 1 saturated heterocycles. The molecule has 18 heavy (non-hydrogen) atoms. The number of primary amides is 1. The van der Waals surface area contributed by atoms with E-state index in [9.17, 15) is 4.79 Å². The quantitative estimate of drug-likeness (QED) is 0.684. The number of ether oxygens (including phenoxy) is 1. The van der Waals surface area contributed by atoms with Crippen LogP contribution in [0.4, 0.5) is 11.4 Å². The molecule has 0 bridgehead atoms. The van der Waals surface area contributed by atoms with Gasteiger partial charge in [0.05, 0.1) is 16.9 Å². The van der Waals surface area contributed by atoms with Crippen LogP contribution in [0.3, 0.4) is 0 Å². The fourth-order valence-electron chi connectivity index (χ4n) is 2.19. The molecule has 5 N–H and O–H groups in total. The summed E-state index contributed by atoms with van der Waals surface area (Å²) in [6.45, 7) is 2.45. The van der Waals surface area contributed by atoms with E-state index in [2.05, 4.69) is 5.32 Å². The maximum atomic E-state index is 11.3. The van der Waals surface area contributed by atoms with Crippen molar-refractivity contribution >= 4 is 17.3 Å². The van der Waals surface area contributed by atoms with Crippen molar-refractivity contribution in [3.05, 3.63) is 23.8 Å². The van der Waals surface area contributed by atoms with Gasteiger partial charge in [0.2, 0.25) is 0 Å². The Bertz CT molecular complexity index is 428. The number of anilines is 2. The highest BCUT2D eigenvalue weighted by Gasteiger charge is 2.16. The third kappa shape index (κ3) is 2.92. The molecule has 0 aromatic heterocycles. The standard InChI is InChI=1S/C13H19N3O2/c14-11-3-1-2-10(13(15)17)12(11)16-6-4-9-5-7-18-8-9/h1-3,9,16H,4-8,14H2,(H2,15,17). The summed E-state index contributed by atoms with van der Waals surface area (Å²) in [4.78, 5) is 11.3. The summed E-state index contributed by atoms with van der Waals surface area (Å²) in [6, 6.07) is 5.17. The van der Waals surface area contributed by atoms with Crippen LogP contribution < -0.4 is 16.8 Å². The van der Waals surface area contributed by atoms with Crippen molar-refractivity contribution in [1.82, 2.24) is 0 Å². The molecule has 0 radical (unpaired) electrons. The van der Waals surface area contributed by atoms with Gasteiger partial charge in [-0.1, -0.05) is 6.07 Å². The van der Waals surface area contributed by atoms with Gasteiger partial charge in [0.1, 0.15) is 0 Å². The van der Waals surface area contributed by atoms with Gasteiger partial charge >= 0.3 is 0 Å². The van der Waals surface area contributed by atoms with Gasteiger partial charge in [0.25, 0.3) is 5.91 Å². The van der Waals surface area contributed by atoms with Crippen molar-refractivity contribution in [3.63, 3.8) is 0 Å². The number of benzene rings is 1. The molecule has 1 fully saturated rings. The summed E-state index contributed by atoms with van der Waals surface area (Å²) in [5.74, 6) is 0.133. The summed E-state index contributed by atoms with van der Waals surface area (Å²) in [7, 11) is 0. The zero-order valence-electron chi connectivity index (χ0n) is 10.3. The zero-order valence-corrected chi connectivity index (χ0v) is 10.3. The van der Waals surface area contributed by atoms with E-state index in [1.807, 2.05) is 0 Å². The molecule has 0 spiro atoms. The van der Waals surface area contributed by atoms with Crippen LogP contribution in [0.1, 0.15) is 23.2 Å². The SMILES string of the molecule is NC(=O)c1cccc(N)c1NCCC1CCOC1. The topological polar surface area (TPSA) is 90.4 Å². The number of nitrogens with one attached hydrogen (secondary N) is 1. The van der Waals surface area contributed by atoms with Crippen LogP contribution in [-0.2, 0) is 4.74 Å². The minimum atomic E-state index is -0.464. The second-order valence-corrected chi connectivity index (χ2v) is 4.58. The molecule has 5 nitrogen and oxygen atoms in total. The second kappa shape index (κ2) is 5.73. The molecule has 1 unspecified atom stereocenters. The third-order valence-corrected chi connectivity index (χ3v) is 3.24. The van der Waals surface area contributed by atoms with Gasteiger partial charge in [-0.3, -0.25) is 4.79 Å². The van der Waals surface area contributed by atoms with E-state index in [0.29, 0.717) is 22.9 Å². The van der Waals surface area contributed by atoms with E-state index in [4.69, 9.17) is 16.2 Å². The van der Waals surface area contributed by atoms with Crippen molar-refractivity contribution < 1.29 is 9.53 Å². The highest BCUT2D eigenvalue weighted by Crippen LogP contribution is 2.24. The number of nitrogen functional groups attached to an aromatic ring is 1. The number of hydrogen-bond acceptors (Lipinski definition) is 4. The molecule has 1 atom stereocenters. The van der Waals surface area contributed by atoms with Gasteiger partial charge in [-0.15, -0.1) is 0 Å². The molecule has 1 heterocycles. The predicted octanol–water partition coefficient (Wildman–Crippen LogP) is 1.21. The fraction of sp³-hybridized carbons (Fsp3) is 0.462. The Labute approximate surface area is 106 Å². The first-order chi connectivity index (χ1) is 8.68. The zero-order chi connectivity index (χ0) is 13.0. The summed E-state index contributed by atoms with van der Waals surface area (Å²) >= 11 is 0. The largest absolute Gasteiger partial charge is 0.397 e. The molecule has 5 heteroatoms. The molecular weight excluding hydrogens is 230 g/mol. The number of carbonyl (C=O) groups excluding carboxylic acids is 1. The van der Waals surface area contributed by atoms with Gasteiger partial charge in [-0.25, -0.2) is 0 Å². The lowest BCUT2D eigenvalue weighted by atomic mass is 10.0. The van der Waals surface area contributed by atoms with Gasteiger partial charge < -0.3 is 21.5 Å². The predicted molar refractivity (Wildman–Crippen MR) is 71.4 cm³/mol. The summed E-state index contributed by atoms with van der Waals surface area (Å²) in [5.41, 5.74) is 12.8. The smallest absolute Gasteiger partial charge is 0.250 e. The average molecular weight is 249 g/mol. The van der Waals surface area contributed by atoms with E-state index in [1.54, 1.807) is 18.2 Å². The van der Waals surface area contributed by atoms with E-state index in [-0.39, 0.29) is 0 Å². The lowest BCUT2D eigenvalue weighted by Gasteiger charge is -2.14. The fourth-order valence-corrected chi connectivity index (χ4v) is 2.19. The van der Waals surface area contributed by atoms with E-state index in [1.165, 1.54) is 0 Å². The molecule has 0 aliphatic carbocycles. The Hall–Kier alpha value is -1.75. The van der Waals surface area contributed by atoms with E-state index >= 15 is 0 Å². The van der Waals surface area contributed by atoms with Gasteiger partial charge in [0, 0.05) is 19.8 Å². The maximum absolute atomic E-state index is 11.3. The van der Waals surface area contributed by atoms with Crippen molar-refractivity contribution in [2.75, 3.05) is 30.8 Å². The summed E-state index contributed by atoms with van der Waals surface area (Å²) in [6.07, 6.45) is 2.11. The molecule has 1 amide bonds. The number of amides is 1. The minimum Gasteiger partial charge on any atom is -0.397 e. The first-order valence-corrected chi connectivity index (χ1v) is 6.18. The maximum Gasteiger partial charge on any atom is 0.250 e. The molecule has 0 saturated carbocycles. The highest BCUT2D eigenvalue weighted by molar-refractivity contribution is 6.01. The molecular formula is C13H19N3O2. The van der Waals surface area contributed by atoms with E-state index < -0.39 is 5.91 Å². The normalized spacial score (nSPS) is 18.8. The van der Waals surface area contributed by atoms with Gasteiger partial charge in [-0.05, 0) is 30.9 Å². The van der Waals surface area contributed by atoms with Gasteiger partial charge in [0.15, 0.2) is 0 Å². The lowest BCUT2D eigenvalue weighted by Crippen LogP contribution is -2.17. The first-order valence-electron chi connectivity index (χ1n) is 6.18. The van der Waals surface area contributed by atoms with Crippen LogP contribution in [0, 0.1) is 5.92 Å². The number of rotatable bonds is 5. The van der Waals surface area contributed by atoms with Crippen molar-refractivity contribution in [2.24, 2.45) is 11.7 Å². The Morgan fingerprint density at radius 3 is 3.00 bits per heavy atom. The van der Waals surface area contributed by atoms with Crippen LogP contribution in [0.25, 0.3) is 0 Å². The average Bonchev–Trinajstić information content (AvgIpc) is 2.84. The second-order valence-electron chi connectivity index (χ2n) is 4.58. The van der Waals surface area contributed by atoms with Crippen LogP contribution in [-0.4, -0.2) is 25.7 Å². The van der Waals surface area contributed by atoms with Crippen molar-refractivity contribution in [1.29, 1.82) is 0 Å². The van der Waals surface area contributed by atoms with Crippen LogP contribution in [0.2, 0.25) is 0 Å². The summed E-state index contributed by atoms with van der Waals surface area (Å²) in [5, 5.41) is 3.21. The number of para-hydroxylation sites is 1. The first kappa shape index (κ1) is 12.7. The number of nitrogens with two attached hydrogens (primary N) is 2. The molecule has 98 valence electrons. The monoisotopic (exact) mass is 249 g/mol. The number of carbonyl (C=O) groups is 1. The number of hydrogen-bond donors (Lipinski definition) is 3. The summed E-state index contributed by atoms with van der Waals surface area (Å²) < 4.78 is 5.32. The Kier molecular flexibility index (Phi) is 4.04. The minimum absolute atomic E-state index is 0.442. The molecule has 2 rings (SSSR count). The Morgan fingerprint density at radius 2 is 2.33 bits per heavy atom. The lowest BCUT2D eigenvalue weighted by molar-refractivity contribution is 0.100.